The monoisotopic (exact) mass is 233 g/mol. The molecule has 0 aliphatic carbocycles. The summed E-state index contributed by atoms with van der Waals surface area (Å²) in [7, 11) is -0.0450. The van der Waals surface area contributed by atoms with Crippen LogP contribution >= 0.6 is 0 Å². The Hall–Kier alpha value is 0.270. The molecule has 0 spiro atoms. The maximum Gasteiger partial charge on any atom is 0.0242 e. The van der Waals surface area contributed by atoms with Gasteiger partial charge in [-0.3, -0.25) is 4.72 Å². The van der Waals surface area contributed by atoms with Crippen LogP contribution in [0.5, 0.6) is 0 Å². The smallest absolute Gasteiger partial charge is 0.0242 e. The topological polar surface area (TPSA) is 12.0 Å². The average molecular weight is 233 g/mol. The lowest BCUT2D eigenvalue weighted by atomic mass is 10.1. The van der Waals surface area contributed by atoms with Crippen LogP contribution < -0.4 is 4.72 Å². The highest BCUT2D eigenvalue weighted by atomic mass is 32.8. The predicted octanol–water partition coefficient (Wildman–Crippen LogP) is 3.12. The Kier molecular flexibility index (Phi) is 11.6. The van der Waals surface area contributed by atoms with E-state index >= 15 is 0 Å². The van der Waals surface area contributed by atoms with Crippen molar-refractivity contribution >= 4 is 20.8 Å². The summed E-state index contributed by atoms with van der Waals surface area (Å²) in [5, 5.41) is 0. The molecular formula is C11H23NS2. The number of hydrogen-bond acceptors (Lipinski definition) is 1. The fourth-order valence-electron chi connectivity index (χ4n) is 1.23. The van der Waals surface area contributed by atoms with Gasteiger partial charge in [-0.15, -0.1) is 0 Å². The summed E-state index contributed by atoms with van der Waals surface area (Å²) in [6, 6.07) is 0. The molecule has 0 rings (SSSR count). The molecule has 0 fully saturated rings. The van der Waals surface area contributed by atoms with E-state index in [-0.39, 0.29) is 9.64 Å². The van der Waals surface area contributed by atoms with E-state index in [0.29, 0.717) is 0 Å². The van der Waals surface area contributed by atoms with E-state index in [9.17, 15) is 0 Å². The van der Waals surface area contributed by atoms with Gasteiger partial charge in [0.25, 0.3) is 0 Å². The van der Waals surface area contributed by atoms with Crippen LogP contribution in [0, 0.1) is 0 Å². The van der Waals surface area contributed by atoms with Crippen LogP contribution in [0.3, 0.4) is 0 Å². The van der Waals surface area contributed by atoms with Gasteiger partial charge in [0.15, 0.2) is 0 Å². The van der Waals surface area contributed by atoms with Crippen molar-refractivity contribution in [2.24, 2.45) is 0 Å². The lowest BCUT2D eigenvalue weighted by Crippen LogP contribution is -2.13. The molecule has 0 aromatic rings. The predicted molar refractivity (Wildman–Crippen MR) is 71.2 cm³/mol. The highest BCUT2D eigenvalue weighted by molar-refractivity contribution is 8.27. The SMILES string of the molecule is CCCCCCC/C=C\CNS(C)=S. The second-order valence-corrected chi connectivity index (χ2v) is 6.17. The molecule has 0 saturated heterocycles. The van der Waals surface area contributed by atoms with E-state index in [0.717, 1.165) is 6.54 Å². The Morgan fingerprint density at radius 2 is 1.86 bits per heavy atom. The fraction of sp³-hybridized carbons (Fsp3) is 0.818. The van der Waals surface area contributed by atoms with Crippen molar-refractivity contribution in [2.75, 3.05) is 12.8 Å². The minimum atomic E-state index is -0.0450. The van der Waals surface area contributed by atoms with Crippen LogP contribution in [0.15, 0.2) is 12.2 Å². The molecule has 0 radical (unpaired) electrons. The van der Waals surface area contributed by atoms with E-state index < -0.39 is 0 Å². The van der Waals surface area contributed by atoms with Crippen molar-refractivity contribution in [2.45, 2.75) is 45.4 Å². The summed E-state index contributed by atoms with van der Waals surface area (Å²) in [6.07, 6.45) is 14.5. The average Bonchev–Trinajstić information content (AvgIpc) is 2.15. The highest BCUT2D eigenvalue weighted by Crippen LogP contribution is 2.04. The van der Waals surface area contributed by atoms with Crippen molar-refractivity contribution in [3.05, 3.63) is 12.2 Å². The van der Waals surface area contributed by atoms with Gasteiger partial charge in [0.05, 0.1) is 0 Å². The van der Waals surface area contributed by atoms with E-state index in [4.69, 9.17) is 11.2 Å². The van der Waals surface area contributed by atoms with E-state index in [1.807, 2.05) is 6.26 Å². The summed E-state index contributed by atoms with van der Waals surface area (Å²) in [5.74, 6) is 0. The van der Waals surface area contributed by atoms with Crippen LogP contribution in [0.4, 0.5) is 0 Å². The Bertz CT molecular complexity index is 167. The minimum absolute atomic E-state index is 0.0450. The zero-order valence-electron chi connectivity index (χ0n) is 9.42. The third-order valence-electron chi connectivity index (χ3n) is 2.05. The Labute approximate surface area is 96.1 Å². The number of nitrogens with one attached hydrogen (secondary N) is 1. The van der Waals surface area contributed by atoms with Gasteiger partial charge in [0.2, 0.25) is 0 Å². The first kappa shape index (κ1) is 14.3. The maximum atomic E-state index is 5.01. The molecule has 0 amide bonds. The summed E-state index contributed by atoms with van der Waals surface area (Å²) in [4.78, 5) is 0. The van der Waals surface area contributed by atoms with Crippen molar-refractivity contribution in [3.8, 4) is 0 Å². The normalized spacial score (nSPS) is 13.6. The highest BCUT2D eigenvalue weighted by Gasteiger charge is 1.86. The Morgan fingerprint density at radius 3 is 2.50 bits per heavy atom. The third kappa shape index (κ3) is 12.3. The molecule has 0 aliphatic heterocycles. The van der Waals surface area contributed by atoms with Crippen LogP contribution in [-0.4, -0.2) is 12.8 Å². The molecule has 1 N–H and O–H groups in total. The first-order valence-electron chi connectivity index (χ1n) is 5.49. The summed E-state index contributed by atoms with van der Waals surface area (Å²) >= 11 is 5.01. The zero-order valence-corrected chi connectivity index (χ0v) is 11.1. The first-order chi connectivity index (χ1) is 6.77. The largest absolute Gasteiger partial charge is 0.257 e. The van der Waals surface area contributed by atoms with Gasteiger partial charge >= 0.3 is 0 Å². The van der Waals surface area contributed by atoms with Crippen molar-refractivity contribution in [1.29, 1.82) is 0 Å². The second-order valence-electron chi connectivity index (χ2n) is 3.48. The summed E-state index contributed by atoms with van der Waals surface area (Å²) < 4.78 is 3.21. The molecule has 0 heterocycles. The van der Waals surface area contributed by atoms with Gasteiger partial charge in [-0.25, -0.2) is 0 Å². The fourth-order valence-corrected chi connectivity index (χ4v) is 1.77. The van der Waals surface area contributed by atoms with Crippen LogP contribution in [0.25, 0.3) is 0 Å². The van der Waals surface area contributed by atoms with Gasteiger partial charge in [0, 0.05) is 6.54 Å². The van der Waals surface area contributed by atoms with Crippen molar-refractivity contribution in [3.63, 3.8) is 0 Å². The van der Waals surface area contributed by atoms with Gasteiger partial charge in [-0.2, -0.15) is 0 Å². The molecule has 1 nitrogen and oxygen atoms in total. The molecule has 0 aromatic heterocycles. The first-order valence-corrected chi connectivity index (χ1v) is 8.05. The molecule has 1 atom stereocenters. The summed E-state index contributed by atoms with van der Waals surface area (Å²) in [6.45, 7) is 3.18. The van der Waals surface area contributed by atoms with Crippen LogP contribution in [0.1, 0.15) is 45.4 Å². The minimum Gasteiger partial charge on any atom is -0.257 e. The van der Waals surface area contributed by atoms with Gasteiger partial charge in [0.1, 0.15) is 0 Å². The Balaban J connectivity index is 3.07. The van der Waals surface area contributed by atoms with E-state index in [1.165, 1.54) is 38.5 Å². The molecule has 0 aromatic carbocycles. The lowest BCUT2D eigenvalue weighted by molar-refractivity contribution is 0.637. The third-order valence-corrected chi connectivity index (χ3v) is 2.97. The van der Waals surface area contributed by atoms with Crippen LogP contribution in [-0.2, 0) is 20.8 Å². The molecule has 0 bridgehead atoms. The Morgan fingerprint density at radius 1 is 1.14 bits per heavy atom. The summed E-state index contributed by atoms with van der Waals surface area (Å²) in [5.41, 5.74) is 0. The molecule has 84 valence electrons. The van der Waals surface area contributed by atoms with Gasteiger partial charge in [-0.05, 0) is 30.3 Å². The van der Waals surface area contributed by atoms with Crippen molar-refractivity contribution in [1.82, 2.24) is 4.72 Å². The standard InChI is InChI=1S/C11H23NS2/c1-3-4-5-6-7-8-9-10-11-12-14(2)13/h9-10,12H,3-8,11H2,1-2H3/b10-9-. The van der Waals surface area contributed by atoms with E-state index in [2.05, 4.69) is 23.8 Å². The second kappa shape index (κ2) is 11.3. The van der Waals surface area contributed by atoms with Crippen LogP contribution in [0.2, 0.25) is 0 Å². The maximum absolute atomic E-state index is 5.01. The van der Waals surface area contributed by atoms with E-state index in [1.54, 1.807) is 0 Å². The molecule has 0 aliphatic rings. The van der Waals surface area contributed by atoms with Gasteiger partial charge in [-0.1, -0.05) is 54.4 Å². The lowest BCUT2D eigenvalue weighted by Gasteiger charge is -1.97. The molecule has 1 unspecified atom stereocenters. The zero-order chi connectivity index (χ0) is 10.6. The van der Waals surface area contributed by atoms with Gasteiger partial charge < -0.3 is 0 Å². The number of allylic oxidation sites excluding steroid dienone is 1. The number of rotatable bonds is 9. The number of hydrogen-bond donors (Lipinski definition) is 1. The molecule has 14 heavy (non-hydrogen) atoms. The number of unbranched alkanes of at least 4 members (excludes halogenated alkanes) is 5. The molecule has 3 heteroatoms. The van der Waals surface area contributed by atoms with Crippen molar-refractivity contribution < 1.29 is 0 Å². The molecular weight excluding hydrogens is 210 g/mol. The molecule has 0 saturated carbocycles. The quantitative estimate of drug-likeness (QED) is 0.485.